The Hall–Kier alpha value is -2.91. The average molecular weight is 405 g/mol. The van der Waals surface area contributed by atoms with E-state index < -0.39 is 11.7 Å². The lowest BCUT2D eigenvalue weighted by molar-refractivity contribution is -0.862. The molecule has 0 bridgehead atoms. The first kappa shape index (κ1) is 21.4. The number of nitrogens with two attached hydrogens (primary N) is 1. The van der Waals surface area contributed by atoms with Crippen LogP contribution in [0.1, 0.15) is 0 Å². The molecule has 1 unspecified atom stereocenters. The van der Waals surface area contributed by atoms with Crippen molar-refractivity contribution in [2.24, 2.45) is 5.73 Å². The van der Waals surface area contributed by atoms with Crippen molar-refractivity contribution < 1.29 is 23.7 Å². The Bertz CT molecular complexity index is 863. The van der Waals surface area contributed by atoms with Crippen LogP contribution < -0.4 is 21.3 Å². The highest BCUT2D eigenvalue weighted by molar-refractivity contribution is 8.00. The summed E-state index contributed by atoms with van der Waals surface area (Å²) < 4.78 is 13.2. The number of benzene rings is 2. The van der Waals surface area contributed by atoms with Crippen LogP contribution in [0.4, 0.5) is 15.8 Å². The monoisotopic (exact) mass is 405 g/mol. The summed E-state index contributed by atoms with van der Waals surface area (Å²) in [7, 11) is 1.71. The molecule has 2 aromatic carbocycles. The molecule has 5 N–H and O–H groups in total. The third kappa shape index (κ3) is 7.37. The quantitative estimate of drug-likeness (QED) is 0.456. The maximum absolute atomic E-state index is 13.2. The Morgan fingerprint density at radius 1 is 1.04 bits per heavy atom. The highest BCUT2D eigenvalue weighted by atomic mass is 32.2. The first-order valence-corrected chi connectivity index (χ1v) is 9.48. The molecule has 0 aliphatic heterocycles. The van der Waals surface area contributed by atoms with Crippen LogP contribution in [0.15, 0.2) is 53.4 Å². The largest absolute Gasteiger partial charge is 0.369 e. The van der Waals surface area contributed by atoms with E-state index in [4.69, 9.17) is 5.73 Å². The summed E-state index contributed by atoms with van der Waals surface area (Å²) in [6.45, 7) is 0.105. The number of anilines is 2. The van der Waals surface area contributed by atoms with Gasteiger partial charge < -0.3 is 21.3 Å². The Morgan fingerprint density at radius 2 is 1.71 bits per heavy atom. The van der Waals surface area contributed by atoms with E-state index in [1.165, 1.54) is 30.0 Å². The minimum Gasteiger partial charge on any atom is -0.369 e. The third-order valence-electron chi connectivity index (χ3n) is 3.56. The van der Waals surface area contributed by atoms with E-state index in [1.807, 2.05) is 0 Å². The Morgan fingerprint density at radius 3 is 2.39 bits per heavy atom. The van der Waals surface area contributed by atoms with Crippen LogP contribution >= 0.6 is 11.8 Å². The number of para-hydroxylation sites is 1. The van der Waals surface area contributed by atoms with E-state index in [0.717, 1.165) is 4.90 Å². The second kappa shape index (κ2) is 10.4. The Kier molecular flexibility index (Phi) is 7.97. The smallest absolute Gasteiger partial charge is 0.279 e. The zero-order valence-electron chi connectivity index (χ0n) is 15.3. The fourth-order valence-electron chi connectivity index (χ4n) is 2.42. The van der Waals surface area contributed by atoms with Crippen LogP contribution in [0, 0.1) is 5.82 Å². The number of quaternary nitrogens is 1. The van der Waals surface area contributed by atoms with Gasteiger partial charge in [0, 0.05) is 10.6 Å². The Labute approximate surface area is 166 Å². The van der Waals surface area contributed by atoms with Gasteiger partial charge in [-0.1, -0.05) is 18.2 Å². The van der Waals surface area contributed by atoms with Crippen LogP contribution in [0.25, 0.3) is 0 Å². The average Bonchev–Trinajstić information content (AvgIpc) is 2.60. The first-order valence-electron chi connectivity index (χ1n) is 8.50. The number of hydrogen-bond acceptors (Lipinski definition) is 4. The lowest BCUT2D eigenvalue weighted by Crippen LogP contribution is -3.11. The molecule has 148 valence electrons. The summed E-state index contributed by atoms with van der Waals surface area (Å²) >= 11 is 1.24. The zero-order valence-corrected chi connectivity index (χ0v) is 16.1. The van der Waals surface area contributed by atoms with Gasteiger partial charge >= 0.3 is 0 Å². The number of hydrogen-bond donors (Lipinski definition) is 4. The number of rotatable bonds is 9. The van der Waals surface area contributed by atoms with Crippen LogP contribution in [0.5, 0.6) is 0 Å². The SMILES string of the molecule is C[NH+](CC(=O)Nc1cccc(F)c1)CC(=O)Nc1ccccc1SCC(N)=O. The predicted octanol–water partition coefficient (Wildman–Crippen LogP) is 0.495. The van der Waals surface area contributed by atoms with Gasteiger partial charge in [0.15, 0.2) is 13.1 Å². The first-order chi connectivity index (χ1) is 13.3. The van der Waals surface area contributed by atoms with Crippen molar-refractivity contribution in [3.8, 4) is 0 Å². The third-order valence-corrected chi connectivity index (χ3v) is 4.66. The van der Waals surface area contributed by atoms with E-state index in [2.05, 4.69) is 10.6 Å². The fourth-order valence-corrected chi connectivity index (χ4v) is 3.17. The molecule has 0 fully saturated rings. The number of halogens is 1. The summed E-state index contributed by atoms with van der Waals surface area (Å²) in [4.78, 5) is 36.7. The highest BCUT2D eigenvalue weighted by Gasteiger charge is 2.16. The van der Waals surface area contributed by atoms with E-state index in [9.17, 15) is 18.8 Å². The van der Waals surface area contributed by atoms with Gasteiger partial charge in [0.2, 0.25) is 5.91 Å². The normalized spacial score (nSPS) is 11.5. The summed E-state index contributed by atoms with van der Waals surface area (Å²) in [5, 5.41) is 5.38. The van der Waals surface area contributed by atoms with Gasteiger partial charge in [-0.2, -0.15) is 0 Å². The van der Waals surface area contributed by atoms with Crippen molar-refractivity contribution in [1.82, 2.24) is 0 Å². The molecule has 2 rings (SSSR count). The van der Waals surface area contributed by atoms with E-state index in [-0.39, 0.29) is 30.7 Å². The maximum atomic E-state index is 13.2. The maximum Gasteiger partial charge on any atom is 0.279 e. The van der Waals surface area contributed by atoms with Gasteiger partial charge in [0.05, 0.1) is 18.5 Å². The summed E-state index contributed by atoms with van der Waals surface area (Å²) in [5.41, 5.74) is 6.10. The van der Waals surface area contributed by atoms with Crippen molar-refractivity contribution in [2.75, 3.05) is 36.5 Å². The van der Waals surface area contributed by atoms with Crippen LogP contribution in [0.2, 0.25) is 0 Å². The summed E-state index contributed by atoms with van der Waals surface area (Å²) in [5.74, 6) is -1.37. The molecule has 7 nitrogen and oxygen atoms in total. The molecule has 0 saturated carbocycles. The van der Waals surface area contributed by atoms with Crippen molar-refractivity contribution in [3.63, 3.8) is 0 Å². The molecule has 0 spiro atoms. The number of likely N-dealkylation sites (N-methyl/N-ethyl adjacent to an activating group) is 1. The minimum atomic E-state index is -0.445. The molecule has 1 atom stereocenters. The second-order valence-electron chi connectivity index (χ2n) is 6.17. The summed E-state index contributed by atoms with van der Waals surface area (Å²) in [6, 6.07) is 12.7. The number of nitrogens with one attached hydrogen (secondary N) is 3. The molecule has 2 aromatic rings. The molecule has 3 amide bonds. The molecule has 0 heterocycles. The molecule has 0 radical (unpaired) electrons. The van der Waals surface area contributed by atoms with Crippen LogP contribution in [-0.2, 0) is 14.4 Å². The van der Waals surface area contributed by atoms with E-state index >= 15 is 0 Å². The molecule has 0 aromatic heterocycles. The molecule has 0 aliphatic carbocycles. The van der Waals surface area contributed by atoms with E-state index in [0.29, 0.717) is 16.3 Å². The van der Waals surface area contributed by atoms with Gasteiger partial charge in [0.25, 0.3) is 11.8 Å². The number of amides is 3. The van der Waals surface area contributed by atoms with Crippen molar-refractivity contribution in [3.05, 3.63) is 54.3 Å². The molecule has 0 saturated heterocycles. The molecular formula is C19H22FN4O3S+. The predicted molar refractivity (Wildman–Crippen MR) is 107 cm³/mol. The van der Waals surface area contributed by atoms with E-state index in [1.54, 1.807) is 37.4 Å². The van der Waals surface area contributed by atoms with Gasteiger partial charge in [0.1, 0.15) is 5.82 Å². The second-order valence-corrected chi connectivity index (χ2v) is 7.19. The zero-order chi connectivity index (χ0) is 20.5. The molecule has 28 heavy (non-hydrogen) atoms. The van der Waals surface area contributed by atoms with Crippen molar-refractivity contribution >= 4 is 40.9 Å². The van der Waals surface area contributed by atoms with Gasteiger partial charge in [-0.25, -0.2) is 4.39 Å². The van der Waals surface area contributed by atoms with Crippen LogP contribution in [-0.4, -0.2) is 43.6 Å². The lowest BCUT2D eigenvalue weighted by Gasteiger charge is -2.15. The van der Waals surface area contributed by atoms with Gasteiger partial charge in [-0.05, 0) is 30.3 Å². The topological polar surface area (TPSA) is 106 Å². The highest BCUT2D eigenvalue weighted by Crippen LogP contribution is 2.26. The number of carbonyl (C=O) groups excluding carboxylic acids is 3. The van der Waals surface area contributed by atoms with Gasteiger partial charge in [-0.15, -0.1) is 11.8 Å². The number of carbonyl (C=O) groups is 3. The van der Waals surface area contributed by atoms with Crippen molar-refractivity contribution in [1.29, 1.82) is 0 Å². The number of thioether (sulfide) groups is 1. The van der Waals surface area contributed by atoms with Crippen molar-refractivity contribution in [2.45, 2.75) is 4.90 Å². The van der Waals surface area contributed by atoms with Gasteiger partial charge in [-0.3, -0.25) is 14.4 Å². The minimum absolute atomic E-state index is 0.0437. The Balaban J connectivity index is 1.85. The molecule has 9 heteroatoms. The summed E-state index contributed by atoms with van der Waals surface area (Å²) in [6.07, 6.45) is 0. The fraction of sp³-hybridized carbons (Fsp3) is 0.211. The standard InChI is InChI=1S/C19H21FN4O3S/c1-24(10-18(26)22-14-6-4-5-13(20)9-14)11-19(27)23-15-7-2-3-8-16(15)28-12-17(21)25/h2-9H,10-12H2,1H3,(H2,21,25)(H,22,26)(H,23,27)/p+1. The lowest BCUT2D eigenvalue weighted by atomic mass is 10.3. The van der Waals surface area contributed by atoms with Crippen LogP contribution in [0.3, 0.4) is 0 Å². The molecular weight excluding hydrogens is 383 g/mol. The number of primary amides is 1. The molecule has 0 aliphatic rings.